The number of fused-ring (bicyclic) bond motifs is 1. The van der Waals surface area contributed by atoms with Gasteiger partial charge in [0.15, 0.2) is 11.5 Å². The Bertz CT molecular complexity index is 1330. The van der Waals surface area contributed by atoms with Crippen LogP contribution in [0.1, 0.15) is 22.5 Å². The Morgan fingerprint density at radius 3 is 2.48 bits per heavy atom. The SMILES string of the molecule is Cc1ccc(Nc2nc(N/N=C\c3ccc4c(c3)OCO4)nc(-n3nc(C)cc3C)n2)cc1. The minimum atomic E-state index is 0.227. The predicted octanol–water partition coefficient (Wildman–Crippen LogP) is 3.90. The van der Waals surface area contributed by atoms with Crippen LogP contribution in [0.5, 0.6) is 11.5 Å². The van der Waals surface area contributed by atoms with Crippen LogP contribution in [0.4, 0.5) is 17.6 Å². The Morgan fingerprint density at radius 1 is 0.909 bits per heavy atom. The topological polar surface area (TPSA) is 111 Å². The van der Waals surface area contributed by atoms with Gasteiger partial charge in [0.05, 0.1) is 11.9 Å². The first-order chi connectivity index (χ1) is 16.0. The monoisotopic (exact) mass is 442 g/mol. The number of anilines is 3. The van der Waals surface area contributed by atoms with Gasteiger partial charge < -0.3 is 14.8 Å². The van der Waals surface area contributed by atoms with Gasteiger partial charge in [-0.2, -0.15) is 25.2 Å². The highest BCUT2D eigenvalue weighted by molar-refractivity contribution is 5.81. The standard InChI is InChI=1S/C23H22N8O2/c1-14-4-7-18(8-5-14)25-21-26-22(28-23(27-21)31-16(3)10-15(2)30-31)29-24-12-17-6-9-19-20(11-17)33-13-32-19/h4-12H,13H2,1-3H3,(H2,25,26,27,28,29)/b24-12-. The highest BCUT2D eigenvalue weighted by Gasteiger charge is 2.13. The van der Waals surface area contributed by atoms with Crippen LogP contribution in [0.2, 0.25) is 0 Å². The van der Waals surface area contributed by atoms with Gasteiger partial charge in [0.1, 0.15) is 0 Å². The number of rotatable bonds is 6. The highest BCUT2D eigenvalue weighted by Crippen LogP contribution is 2.32. The maximum absolute atomic E-state index is 5.41. The Labute approximate surface area is 190 Å². The van der Waals surface area contributed by atoms with Crippen LogP contribution in [0.25, 0.3) is 5.95 Å². The van der Waals surface area contributed by atoms with Crippen LogP contribution >= 0.6 is 0 Å². The Kier molecular flexibility index (Phi) is 5.31. The van der Waals surface area contributed by atoms with Gasteiger partial charge in [-0.1, -0.05) is 17.7 Å². The van der Waals surface area contributed by atoms with Crippen molar-refractivity contribution in [2.45, 2.75) is 20.8 Å². The molecular formula is C23H22N8O2. The molecule has 0 spiro atoms. The van der Waals surface area contributed by atoms with Crippen molar-refractivity contribution in [3.05, 3.63) is 71.0 Å². The normalized spacial score (nSPS) is 12.3. The largest absolute Gasteiger partial charge is 0.454 e. The van der Waals surface area contributed by atoms with E-state index >= 15 is 0 Å². The molecule has 10 heteroatoms. The van der Waals surface area contributed by atoms with E-state index in [4.69, 9.17) is 9.47 Å². The molecule has 0 bridgehead atoms. The lowest BCUT2D eigenvalue weighted by molar-refractivity contribution is 0.174. The zero-order chi connectivity index (χ0) is 22.8. The second-order valence-electron chi connectivity index (χ2n) is 7.60. The lowest BCUT2D eigenvalue weighted by Gasteiger charge is -2.09. The van der Waals surface area contributed by atoms with Gasteiger partial charge in [0, 0.05) is 11.4 Å². The number of hydrazone groups is 1. The molecule has 0 fully saturated rings. The van der Waals surface area contributed by atoms with E-state index in [0.717, 1.165) is 28.4 Å². The minimum absolute atomic E-state index is 0.227. The molecular weight excluding hydrogens is 420 g/mol. The number of hydrogen-bond donors (Lipinski definition) is 2. The number of hydrogen-bond acceptors (Lipinski definition) is 9. The number of benzene rings is 2. The van der Waals surface area contributed by atoms with Crippen LogP contribution in [-0.4, -0.2) is 37.7 Å². The zero-order valence-corrected chi connectivity index (χ0v) is 18.4. The van der Waals surface area contributed by atoms with Crippen molar-refractivity contribution in [2.24, 2.45) is 5.10 Å². The van der Waals surface area contributed by atoms with Crippen molar-refractivity contribution in [3.8, 4) is 17.4 Å². The summed E-state index contributed by atoms with van der Waals surface area (Å²) in [6, 6.07) is 15.5. The molecule has 1 aliphatic heterocycles. The summed E-state index contributed by atoms with van der Waals surface area (Å²) >= 11 is 0. The molecule has 0 saturated heterocycles. The van der Waals surface area contributed by atoms with Crippen LogP contribution in [-0.2, 0) is 0 Å². The van der Waals surface area contributed by atoms with Gasteiger partial charge in [-0.05, 0) is 62.7 Å². The first-order valence-electron chi connectivity index (χ1n) is 10.4. The predicted molar refractivity (Wildman–Crippen MR) is 125 cm³/mol. The molecule has 2 aromatic heterocycles. The summed E-state index contributed by atoms with van der Waals surface area (Å²) in [6.07, 6.45) is 1.65. The molecule has 1 aliphatic rings. The second kappa shape index (κ2) is 8.58. The number of nitrogens with one attached hydrogen (secondary N) is 2. The van der Waals surface area contributed by atoms with Gasteiger partial charge in [-0.3, -0.25) is 0 Å². The van der Waals surface area contributed by atoms with E-state index < -0.39 is 0 Å². The van der Waals surface area contributed by atoms with Gasteiger partial charge in [-0.25, -0.2) is 10.1 Å². The summed E-state index contributed by atoms with van der Waals surface area (Å²) in [4.78, 5) is 13.5. The number of nitrogens with zero attached hydrogens (tertiary/aromatic N) is 6. The first kappa shape index (κ1) is 20.4. The molecule has 10 nitrogen and oxygen atoms in total. The molecule has 0 aliphatic carbocycles. The summed E-state index contributed by atoms with van der Waals surface area (Å²) in [5.41, 5.74) is 7.54. The zero-order valence-electron chi connectivity index (χ0n) is 18.4. The molecule has 0 amide bonds. The smallest absolute Gasteiger partial charge is 0.257 e. The maximum Gasteiger partial charge on any atom is 0.257 e. The first-order valence-corrected chi connectivity index (χ1v) is 10.4. The van der Waals surface area contributed by atoms with E-state index in [1.165, 1.54) is 5.56 Å². The number of aryl methyl sites for hydroxylation is 3. The Morgan fingerprint density at radius 2 is 1.70 bits per heavy atom. The average Bonchev–Trinajstić information content (AvgIpc) is 3.40. The third-order valence-corrected chi connectivity index (χ3v) is 4.91. The van der Waals surface area contributed by atoms with Crippen molar-refractivity contribution in [1.29, 1.82) is 0 Å². The maximum atomic E-state index is 5.41. The molecule has 166 valence electrons. The average molecular weight is 442 g/mol. The molecule has 3 heterocycles. The highest BCUT2D eigenvalue weighted by atomic mass is 16.7. The van der Waals surface area contributed by atoms with Gasteiger partial charge >= 0.3 is 0 Å². The summed E-state index contributed by atoms with van der Waals surface area (Å²) in [5, 5.41) is 12.0. The Hall–Kier alpha value is -4.47. The number of ether oxygens (including phenoxy) is 2. The lowest BCUT2D eigenvalue weighted by atomic mass is 10.2. The summed E-state index contributed by atoms with van der Waals surface area (Å²) in [5.74, 6) is 2.44. The summed E-state index contributed by atoms with van der Waals surface area (Å²) in [6.45, 7) is 6.13. The van der Waals surface area contributed by atoms with Crippen LogP contribution in [0, 0.1) is 20.8 Å². The van der Waals surface area contributed by atoms with Crippen molar-refractivity contribution < 1.29 is 9.47 Å². The fraction of sp³-hybridized carbons (Fsp3) is 0.174. The molecule has 0 unspecified atom stereocenters. The molecule has 4 aromatic rings. The van der Waals surface area contributed by atoms with E-state index in [2.05, 4.69) is 35.9 Å². The molecule has 0 saturated carbocycles. The minimum Gasteiger partial charge on any atom is -0.454 e. The third kappa shape index (κ3) is 4.59. The van der Waals surface area contributed by atoms with Crippen LogP contribution < -0.4 is 20.2 Å². The van der Waals surface area contributed by atoms with Crippen LogP contribution in [0.3, 0.4) is 0 Å². The van der Waals surface area contributed by atoms with E-state index in [1.54, 1.807) is 10.9 Å². The molecule has 5 rings (SSSR count). The van der Waals surface area contributed by atoms with Gasteiger partial charge in [0.2, 0.25) is 18.7 Å². The van der Waals surface area contributed by atoms with E-state index in [1.807, 2.05) is 69.3 Å². The third-order valence-electron chi connectivity index (χ3n) is 4.91. The van der Waals surface area contributed by atoms with Gasteiger partial charge in [-0.15, -0.1) is 0 Å². The Balaban J connectivity index is 1.43. The fourth-order valence-corrected chi connectivity index (χ4v) is 3.32. The lowest BCUT2D eigenvalue weighted by Crippen LogP contribution is -2.11. The molecule has 2 N–H and O–H groups in total. The van der Waals surface area contributed by atoms with E-state index in [0.29, 0.717) is 17.6 Å². The van der Waals surface area contributed by atoms with Crippen molar-refractivity contribution >= 4 is 23.8 Å². The van der Waals surface area contributed by atoms with E-state index in [-0.39, 0.29) is 12.7 Å². The van der Waals surface area contributed by atoms with Gasteiger partial charge in [0.25, 0.3) is 5.95 Å². The molecule has 0 atom stereocenters. The summed E-state index contributed by atoms with van der Waals surface area (Å²) in [7, 11) is 0. The second-order valence-corrected chi connectivity index (χ2v) is 7.60. The van der Waals surface area contributed by atoms with Crippen molar-refractivity contribution in [3.63, 3.8) is 0 Å². The van der Waals surface area contributed by atoms with E-state index in [9.17, 15) is 0 Å². The molecule has 0 radical (unpaired) electrons. The quantitative estimate of drug-likeness (QED) is 0.342. The fourth-order valence-electron chi connectivity index (χ4n) is 3.32. The number of aromatic nitrogens is 5. The summed E-state index contributed by atoms with van der Waals surface area (Å²) < 4.78 is 12.4. The van der Waals surface area contributed by atoms with Crippen LogP contribution in [0.15, 0.2) is 53.6 Å². The molecule has 2 aromatic carbocycles. The van der Waals surface area contributed by atoms with Crippen molar-refractivity contribution in [1.82, 2.24) is 24.7 Å². The molecule has 33 heavy (non-hydrogen) atoms. The van der Waals surface area contributed by atoms with Crippen molar-refractivity contribution in [2.75, 3.05) is 17.5 Å².